The number of carbonyl (C=O) groups excluding carboxylic acids is 1. The summed E-state index contributed by atoms with van der Waals surface area (Å²) < 4.78 is 0. The van der Waals surface area contributed by atoms with Gasteiger partial charge in [0.15, 0.2) is 10.2 Å². The van der Waals surface area contributed by atoms with Gasteiger partial charge in [-0.25, -0.2) is 0 Å². The number of thiocarbonyl (C=S) groups is 2. The summed E-state index contributed by atoms with van der Waals surface area (Å²) in [4.78, 5) is 12.1. The van der Waals surface area contributed by atoms with Crippen molar-refractivity contribution in [3.8, 4) is 0 Å². The summed E-state index contributed by atoms with van der Waals surface area (Å²) in [6, 6.07) is 7.42. The fourth-order valence-corrected chi connectivity index (χ4v) is 1.97. The van der Waals surface area contributed by atoms with Gasteiger partial charge in [-0.2, -0.15) is 0 Å². The van der Waals surface area contributed by atoms with Crippen molar-refractivity contribution >= 4 is 40.6 Å². The Balaban J connectivity index is 2.71. The van der Waals surface area contributed by atoms with E-state index in [9.17, 15) is 4.79 Å². The molecule has 0 spiro atoms. The number of nitrogens with two attached hydrogens (primary N) is 1. The molecule has 0 aliphatic carbocycles. The standard InChI is InChI=1S/C13H18N4OS2/c1-3-9-5-7-10(8-6-9)11(18)16-17(4-2)13(20)15-12(14)19/h5-8H,3-4H2,1-2H3,(H,16,18)(H3,14,15,19,20). The Hall–Kier alpha value is -1.73. The van der Waals surface area contributed by atoms with Crippen LogP contribution in [0.2, 0.25) is 0 Å². The number of aryl methyl sites for hydroxylation is 1. The van der Waals surface area contributed by atoms with Crippen LogP contribution in [0.15, 0.2) is 24.3 Å². The maximum absolute atomic E-state index is 12.1. The van der Waals surface area contributed by atoms with Crippen molar-refractivity contribution in [2.75, 3.05) is 6.54 Å². The van der Waals surface area contributed by atoms with E-state index in [2.05, 4.69) is 17.7 Å². The number of carbonyl (C=O) groups is 1. The molecule has 5 nitrogen and oxygen atoms in total. The molecule has 7 heteroatoms. The molecule has 0 aliphatic rings. The van der Waals surface area contributed by atoms with Crippen LogP contribution in [0, 0.1) is 0 Å². The second-order valence-corrected chi connectivity index (χ2v) is 4.86. The van der Waals surface area contributed by atoms with Crippen molar-refractivity contribution < 1.29 is 4.79 Å². The number of benzene rings is 1. The molecule has 0 saturated carbocycles. The summed E-state index contributed by atoms with van der Waals surface area (Å²) in [5.74, 6) is -0.235. The van der Waals surface area contributed by atoms with E-state index in [-0.39, 0.29) is 16.1 Å². The Morgan fingerprint density at radius 3 is 2.30 bits per heavy atom. The predicted octanol–water partition coefficient (Wildman–Crippen LogP) is 1.33. The zero-order chi connectivity index (χ0) is 15.1. The molecule has 0 atom stereocenters. The van der Waals surface area contributed by atoms with Crippen molar-refractivity contribution in [1.29, 1.82) is 0 Å². The quantitative estimate of drug-likeness (QED) is 0.578. The number of hydrazine groups is 1. The van der Waals surface area contributed by atoms with Crippen LogP contribution in [-0.4, -0.2) is 27.7 Å². The zero-order valence-corrected chi connectivity index (χ0v) is 13.1. The Bertz CT molecular complexity index is 502. The fourth-order valence-electron chi connectivity index (χ4n) is 1.53. The van der Waals surface area contributed by atoms with Crippen LogP contribution >= 0.6 is 24.4 Å². The first kappa shape index (κ1) is 16.3. The third-order valence-electron chi connectivity index (χ3n) is 2.65. The normalized spacial score (nSPS) is 9.70. The Morgan fingerprint density at radius 1 is 1.25 bits per heavy atom. The van der Waals surface area contributed by atoms with Crippen LogP contribution in [0.1, 0.15) is 29.8 Å². The first-order valence-corrected chi connectivity index (χ1v) is 7.07. The molecule has 0 aromatic heterocycles. The number of nitrogens with zero attached hydrogens (tertiary/aromatic N) is 1. The van der Waals surface area contributed by atoms with E-state index in [1.165, 1.54) is 10.6 Å². The van der Waals surface area contributed by atoms with Crippen LogP contribution in [0.4, 0.5) is 0 Å². The van der Waals surface area contributed by atoms with Gasteiger partial charge in [-0.15, -0.1) is 0 Å². The molecule has 0 unspecified atom stereocenters. The van der Waals surface area contributed by atoms with Crippen LogP contribution in [0.5, 0.6) is 0 Å². The molecule has 20 heavy (non-hydrogen) atoms. The number of hydrogen-bond acceptors (Lipinski definition) is 3. The summed E-state index contributed by atoms with van der Waals surface area (Å²) in [7, 11) is 0. The van der Waals surface area contributed by atoms with Crippen molar-refractivity contribution in [1.82, 2.24) is 15.8 Å². The molecule has 1 aromatic carbocycles. The van der Waals surface area contributed by atoms with E-state index in [0.29, 0.717) is 12.1 Å². The van der Waals surface area contributed by atoms with Gasteiger partial charge < -0.3 is 11.1 Å². The van der Waals surface area contributed by atoms with Gasteiger partial charge in [-0.05, 0) is 55.5 Å². The molecule has 0 bridgehead atoms. The number of nitrogens with one attached hydrogen (secondary N) is 2. The third kappa shape index (κ3) is 4.75. The van der Waals surface area contributed by atoms with Crippen molar-refractivity contribution in [3.05, 3.63) is 35.4 Å². The van der Waals surface area contributed by atoms with E-state index in [4.69, 9.17) is 30.2 Å². The monoisotopic (exact) mass is 310 g/mol. The highest BCUT2D eigenvalue weighted by Gasteiger charge is 2.13. The van der Waals surface area contributed by atoms with Crippen LogP contribution < -0.4 is 16.5 Å². The Labute approximate surface area is 129 Å². The Morgan fingerprint density at radius 2 is 1.85 bits per heavy atom. The highest BCUT2D eigenvalue weighted by Crippen LogP contribution is 2.05. The molecular weight excluding hydrogens is 292 g/mol. The lowest BCUT2D eigenvalue weighted by molar-refractivity contribution is 0.0874. The number of hydrogen-bond donors (Lipinski definition) is 3. The highest BCUT2D eigenvalue weighted by molar-refractivity contribution is 7.81. The van der Waals surface area contributed by atoms with Gasteiger partial charge in [0, 0.05) is 12.1 Å². The average Bonchev–Trinajstić information content (AvgIpc) is 2.43. The molecule has 1 aromatic rings. The summed E-state index contributed by atoms with van der Waals surface area (Å²) in [5.41, 5.74) is 9.80. The van der Waals surface area contributed by atoms with Gasteiger partial charge in [0.25, 0.3) is 5.91 Å². The van der Waals surface area contributed by atoms with Gasteiger partial charge in [0.05, 0.1) is 0 Å². The molecule has 0 radical (unpaired) electrons. The molecule has 108 valence electrons. The largest absolute Gasteiger partial charge is 0.376 e. The minimum Gasteiger partial charge on any atom is -0.376 e. The van der Waals surface area contributed by atoms with E-state index in [1.54, 1.807) is 12.1 Å². The number of amides is 1. The van der Waals surface area contributed by atoms with Gasteiger partial charge >= 0.3 is 0 Å². The van der Waals surface area contributed by atoms with Crippen molar-refractivity contribution in [3.63, 3.8) is 0 Å². The van der Waals surface area contributed by atoms with Crippen LogP contribution in [0.25, 0.3) is 0 Å². The summed E-state index contributed by atoms with van der Waals surface area (Å²) in [5, 5.41) is 4.42. The van der Waals surface area contributed by atoms with Gasteiger partial charge in [-0.1, -0.05) is 19.1 Å². The average molecular weight is 310 g/mol. The van der Waals surface area contributed by atoms with E-state index >= 15 is 0 Å². The predicted molar refractivity (Wildman–Crippen MR) is 88.2 cm³/mol. The zero-order valence-electron chi connectivity index (χ0n) is 11.5. The van der Waals surface area contributed by atoms with E-state index < -0.39 is 0 Å². The van der Waals surface area contributed by atoms with Crippen molar-refractivity contribution in [2.45, 2.75) is 20.3 Å². The smallest absolute Gasteiger partial charge is 0.269 e. The van der Waals surface area contributed by atoms with Crippen LogP contribution in [-0.2, 0) is 6.42 Å². The lowest BCUT2D eigenvalue weighted by Gasteiger charge is -2.24. The lowest BCUT2D eigenvalue weighted by Crippen LogP contribution is -2.52. The van der Waals surface area contributed by atoms with E-state index in [0.717, 1.165) is 6.42 Å². The lowest BCUT2D eigenvalue weighted by atomic mass is 10.1. The molecular formula is C13H18N4OS2. The molecule has 1 rings (SSSR count). The molecule has 0 heterocycles. The summed E-state index contributed by atoms with van der Waals surface area (Å²) in [6.07, 6.45) is 0.935. The summed E-state index contributed by atoms with van der Waals surface area (Å²) >= 11 is 9.80. The second-order valence-electron chi connectivity index (χ2n) is 4.03. The Kier molecular flexibility index (Phi) is 6.33. The first-order valence-electron chi connectivity index (χ1n) is 6.25. The van der Waals surface area contributed by atoms with Gasteiger partial charge in [0.2, 0.25) is 0 Å². The molecule has 0 fully saturated rings. The summed E-state index contributed by atoms with van der Waals surface area (Å²) in [6.45, 7) is 4.41. The topological polar surface area (TPSA) is 70.4 Å². The highest BCUT2D eigenvalue weighted by atomic mass is 32.1. The van der Waals surface area contributed by atoms with Gasteiger partial charge in [-0.3, -0.25) is 15.2 Å². The first-order chi connectivity index (χ1) is 9.47. The van der Waals surface area contributed by atoms with E-state index in [1.807, 2.05) is 19.1 Å². The van der Waals surface area contributed by atoms with Gasteiger partial charge in [0.1, 0.15) is 0 Å². The molecule has 4 N–H and O–H groups in total. The minimum absolute atomic E-state index is 0.0648. The molecule has 0 aliphatic heterocycles. The third-order valence-corrected chi connectivity index (χ3v) is 3.08. The maximum atomic E-state index is 12.1. The van der Waals surface area contributed by atoms with Crippen molar-refractivity contribution in [2.24, 2.45) is 5.73 Å². The molecule has 0 saturated heterocycles. The fraction of sp³-hybridized carbons (Fsp3) is 0.308. The molecule has 1 amide bonds. The number of rotatable bonds is 3. The minimum atomic E-state index is -0.235. The SMILES string of the molecule is CCc1ccc(C(=O)NN(CC)C(=S)NC(N)=S)cc1. The second kappa shape index (κ2) is 7.76. The maximum Gasteiger partial charge on any atom is 0.269 e. The van der Waals surface area contributed by atoms with Crippen LogP contribution in [0.3, 0.4) is 0 Å².